The molecule has 0 saturated carbocycles. The molecule has 2 aromatic carbocycles. The molecule has 10 nitrogen and oxygen atoms in total. The third-order valence-electron chi connectivity index (χ3n) is 4.34. The van der Waals surface area contributed by atoms with E-state index in [1.165, 1.54) is 14.2 Å². The molecule has 0 aliphatic heterocycles. The van der Waals surface area contributed by atoms with Crippen molar-refractivity contribution in [3.8, 4) is 11.5 Å². The number of hydroxylamine groups is 2. The van der Waals surface area contributed by atoms with Gasteiger partial charge in [0.05, 0.1) is 26.9 Å². The van der Waals surface area contributed by atoms with Crippen LogP contribution >= 0.6 is 0 Å². The molecule has 0 aromatic heterocycles. The minimum atomic E-state index is -0.773. The Morgan fingerprint density at radius 3 is 2.12 bits per heavy atom. The molecule has 0 spiro atoms. The minimum absolute atomic E-state index is 0.0525. The van der Waals surface area contributed by atoms with Crippen LogP contribution in [0.3, 0.4) is 0 Å². The maximum absolute atomic E-state index is 12.7. The summed E-state index contributed by atoms with van der Waals surface area (Å²) in [6, 6.07) is 11.7. The Balaban J connectivity index is 2.06. The van der Waals surface area contributed by atoms with E-state index < -0.39 is 18.1 Å². The molecule has 0 bridgehead atoms. The van der Waals surface area contributed by atoms with E-state index >= 15 is 0 Å². The maximum atomic E-state index is 12.7. The second kappa shape index (κ2) is 12.4. The van der Waals surface area contributed by atoms with Crippen LogP contribution in [0.4, 0.5) is 21.0 Å². The Morgan fingerprint density at radius 2 is 1.53 bits per heavy atom. The van der Waals surface area contributed by atoms with Gasteiger partial charge in [0.2, 0.25) is 0 Å². The lowest BCUT2D eigenvalue weighted by Crippen LogP contribution is -2.47. The van der Waals surface area contributed by atoms with Crippen molar-refractivity contribution in [1.29, 1.82) is 0 Å². The zero-order chi connectivity index (χ0) is 23.5. The lowest BCUT2D eigenvalue weighted by atomic mass is 10.3. The van der Waals surface area contributed by atoms with Gasteiger partial charge >= 0.3 is 12.1 Å². The second-order valence-corrected chi connectivity index (χ2v) is 6.83. The fourth-order valence-electron chi connectivity index (χ4n) is 2.75. The van der Waals surface area contributed by atoms with Crippen molar-refractivity contribution >= 4 is 23.4 Å². The van der Waals surface area contributed by atoms with Gasteiger partial charge in [-0.05, 0) is 37.6 Å². The molecule has 4 amide bonds. The summed E-state index contributed by atoms with van der Waals surface area (Å²) in [5.41, 5.74) is 0.607. The molecule has 0 aliphatic rings. The van der Waals surface area contributed by atoms with E-state index in [1.807, 2.05) is 6.92 Å². The van der Waals surface area contributed by atoms with Crippen LogP contribution in [0.5, 0.6) is 11.5 Å². The van der Waals surface area contributed by atoms with Crippen LogP contribution in [0.2, 0.25) is 0 Å². The molecule has 10 heteroatoms. The van der Waals surface area contributed by atoms with Crippen molar-refractivity contribution < 1.29 is 29.1 Å². The van der Waals surface area contributed by atoms with Gasteiger partial charge in [0, 0.05) is 6.54 Å². The fourth-order valence-corrected chi connectivity index (χ4v) is 2.75. The number of ether oxygens (including phenoxy) is 2. The van der Waals surface area contributed by atoms with Crippen LogP contribution in [0, 0.1) is 0 Å². The standard InChI is InChI=1S/C22H30N4O6/c1-5-14-23-21(27)26(18-11-7-9-13-20(18)31-4)32-15-16(2)24-22(28)25(29)17-10-6-8-12-19(17)30-3/h6-13,16,29H,5,14-15H2,1-4H3,(H,23,27)(H,24,28). The maximum Gasteiger partial charge on any atom is 0.346 e. The Hall–Kier alpha value is -3.50. The minimum Gasteiger partial charge on any atom is -0.494 e. The third kappa shape index (κ3) is 6.50. The Morgan fingerprint density at radius 1 is 0.969 bits per heavy atom. The first kappa shape index (κ1) is 24.8. The molecule has 32 heavy (non-hydrogen) atoms. The average molecular weight is 447 g/mol. The molecule has 1 unspecified atom stereocenters. The lowest BCUT2D eigenvalue weighted by Gasteiger charge is -2.26. The summed E-state index contributed by atoms with van der Waals surface area (Å²) in [5, 5.41) is 17.2. The predicted molar refractivity (Wildman–Crippen MR) is 120 cm³/mol. The van der Waals surface area contributed by atoms with Crippen molar-refractivity contribution in [2.75, 3.05) is 37.5 Å². The summed E-state index contributed by atoms with van der Waals surface area (Å²) in [6.07, 6.45) is 0.757. The van der Waals surface area contributed by atoms with E-state index in [2.05, 4.69) is 10.6 Å². The van der Waals surface area contributed by atoms with Gasteiger partial charge < -0.3 is 20.1 Å². The molecule has 0 aliphatic carbocycles. The lowest BCUT2D eigenvalue weighted by molar-refractivity contribution is 0.101. The second-order valence-electron chi connectivity index (χ2n) is 6.83. The molecule has 0 radical (unpaired) electrons. The molecule has 174 valence electrons. The van der Waals surface area contributed by atoms with Crippen LogP contribution in [0.15, 0.2) is 48.5 Å². The molecular weight excluding hydrogens is 416 g/mol. The molecule has 2 rings (SSSR count). The number of carbonyl (C=O) groups is 2. The van der Waals surface area contributed by atoms with Crippen LogP contribution in [0.25, 0.3) is 0 Å². The van der Waals surface area contributed by atoms with Gasteiger partial charge in [-0.15, -0.1) is 0 Å². The van der Waals surface area contributed by atoms with E-state index in [-0.39, 0.29) is 12.3 Å². The van der Waals surface area contributed by atoms with Crippen molar-refractivity contribution in [3.05, 3.63) is 48.5 Å². The molecule has 2 aromatic rings. The molecule has 0 heterocycles. The van der Waals surface area contributed by atoms with Crippen molar-refractivity contribution in [3.63, 3.8) is 0 Å². The largest absolute Gasteiger partial charge is 0.494 e. The van der Waals surface area contributed by atoms with Gasteiger partial charge in [-0.1, -0.05) is 31.2 Å². The van der Waals surface area contributed by atoms with Crippen molar-refractivity contribution in [2.45, 2.75) is 26.3 Å². The van der Waals surface area contributed by atoms with Crippen molar-refractivity contribution in [1.82, 2.24) is 10.6 Å². The Labute approximate surface area is 187 Å². The van der Waals surface area contributed by atoms with E-state index in [1.54, 1.807) is 55.5 Å². The molecular formula is C22H30N4O6. The normalized spacial score (nSPS) is 11.3. The van der Waals surface area contributed by atoms with E-state index in [9.17, 15) is 14.8 Å². The van der Waals surface area contributed by atoms with Gasteiger partial charge in [0.25, 0.3) is 0 Å². The van der Waals surface area contributed by atoms with Crippen LogP contribution in [0.1, 0.15) is 20.3 Å². The number of hydrogen-bond donors (Lipinski definition) is 3. The summed E-state index contributed by atoms with van der Waals surface area (Å²) in [5.74, 6) is 0.789. The number of nitrogens with one attached hydrogen (secondary N) is 2. The molecule has 3 N–H and O–H groups in total. The van der Waals surface area contributed by atoms with Crippen LogP contribution in [-0.4, -0.2) is 50.7 Å². The first-order valence-corrected chi connectivity index (χ1v) is 10.2. The van der Waals surface area contributed by atoms with Crippen LogP contribution < -0.4 is 30.2 Å². The highest BCUT2D eigenvalue weighted by Crippen LogP contribution is 2.28. The fraction of sp³-hybridized carbons (Fsp3) is 0.364. The van der Waals surface area contributed by atoms with Gasteiger partial charge in [0.1, 0.15) is 22.9 Å². The van der Waals surface area contributed by atoms with Gasteiger partial charge in [-0.3, -0.25) is 10.0 Å². The first-order valence-electron chi connectivity index (χ1n) is 10.2. The summed E-state index contributed by atoms with van der Waals surface area (Å²) in [4.78, 5) is 30.8. The number of methoxy groups -OCH3 is 2. The number of urea groups is 2. The highest BCUT2D eigenvalue weighted by atomic mass is 16.7. The summed E-state index contributed by atoms with van der Waals surface area (Å²) < 4.78 is 10.5. The highest BCUT2D eigenvalue weighted by Gasteiger charge is 2.23. The summed E-state index contributed by atoms with van der Waals surface area (Å²) in [6.45, 7) is 4.04. The van der Waals surface area contributed by atoms with Gasteiger partial charge in [0.15, 0.2) is 0 Å². The molecule has 0 saturated heterocycles. The predicted octanol–water partition coefficient (Wildman–Crippen LogP) is 3.56. The average Bonchev–Trinajstić information content (AvgIpc) is 2.82. The smallest absolute Gasteiger partial charge is 0.346 e. The third-order valence-corrected chi connectivity index (χ3v) is 4.34. The van der Waals surface area contributed by atoms with E-state index in [0.29, 0.717) is 28.8 Å². The van der Waals surface area contributed by atoms with Gasteiger partial charge in [-0.2, -0.15) is 10.1 Å². The summed E-state index contributed by atoms with van der Waals surface area (Å²) >= 11 is 0. The number of para-hydroxylation sites is 4. The SMILES string of the molecule is CCCNC(=O)N(OCC(C)NC(=O)N(O)c1ccccc1OC)c1ccccc1OC. The first-order chi connectivity index (χ1) is 15.4. The van der Waals surface area contributed by atoms with Crippen molar-refractivity contribution in [2.24, 2.45) is 0 Å². The number of hydrogen-bond acceptors (Lipinski definition) is 6. The van der Waals surface area contributed by atoms with E-state index in [4.69, 9.17) is 14.3 Å². The van der Waals surface area contributed by atoms with Crippen LogP contribution in [-0.2, 0) is 4.84 Å². The number of rotatable bonds is 10. The molecule has 0 fully saturated rings. The number of nitrogens with zero attached hydrogens (tertiary/aromatic N) is 2. The number of anilines is 2. The zero-order valence-electron chi connectivity index (χ0n) is 18.7. The number of amides is 4. The Kier molecular flexibility index (Phi) is 9.58. The quantitative estimate of drug-likeness (QED) is 0.380. The molecule has 1 atom stereocenters. The van der Waals surface area contributed by atoms with Gasteiger partial charge in [-0.25, -0.2) is 9.59 Å². The monoisotopic (exact) mass is 446 g/mol. The topological polar surface area (TPSA) is 113 Å². The highest BCUT2D eigenvalue weighted by molar-refractivity contribution is 5.92. The zero-order valence-corrected chi connectivity index (χ0v) is 18.7. The van der Waals surface area contributed by atoms with E-state index in [0.717, 1.165) is 11.5 Å². The Bertz CT molecular complexity index is 894. The number of benzene rings is 2. The summed E-state index contributed by atoms with van der Waals surface area (Å²) in [7, 11) is 2.94. The number of carbonyl (C=O) groups excluding carboxylic acids is 2.